The van der Waals surface area contributed by atoms with Crippen molar-refractivity contribution in [3.8, 4) is 0 Å². The molecule has 0 aromatic heterocycles. The van der Waals surface area contributed by atoms with Gasteiger partial charge >= 0.3 is 0 Å². The molecule has 0 saturated carbocycles. The van der Waals surface area contributed by atoms with Gasteiger partial charge in [-0.1, -0.05) is 18.2 Å². The van der Waals surface area contributed by atoms with E-state index in [1.807, 2.05) is 0 Å². The van der Waals surface area contributed by atoms with Crippen molar-refractivity contribution in [2.75, 3.05) is 13.1 Å². The minimum absolute atomic E-state index is 0.144. The summed E-state index contributed by atoms with van der Waals surface area (Å²) in [5, 5.41) is 3.35. The van der Waals surface area contributed by atoms with E-state index in [2.05, 4.69) is 5.32 Å². The predicted octanol–water partition coefficient (Wildman–Crippen LogP) is 2.72. The van der Waals surface area contributed by atoms with Crippen LogP contribution < -0.4 is 5.32 Å². The molecule has 1 atom stereocenters. The molecule has 2 nitrogen and oxygen atoms in total. The highest BCUT2D eigenvalue weighted by molar-refractivity contribution is 5.80. The third-order valence-corrected chi connectivity index (χ3v) is 3.58. The lowest BCUT2D eigenvalue weighted by molar-refractivity contribution is -0.118. The average Bonchev–Trinajstić information content (AvgIpc) is 2.40. The minimum atomic E-state index is -0.273. The molecule has 0 spiro atoms. The number of hydrogen-bond acceptors (Lipinski definition) is 2. The molecule has 1 saturated heterocycles. The SMILES string of the molecule is O=C(CCC1CCCNC1)Cc1ccccc1F. The topological polar surface area (TPSA) is 29.1 Å². The lowest BCUT2D eigenvalue weighted by Crippen LogP contribution is -2.30. The van der Waals surface area contributed by atoms with Crippen LogP contribution in [-0.2, 0) is 11.2 Å². The average molecular weight is 249 g/mol. The number of ketones is 1. The van der Waals surface area contributed by atoms with E-state index in [9.17, 15) is 9.18 Å². The van der Waals surface area contributed by atoms with Gasteiger partial charge in [-0.3, -0.25) is 4.79 Å². The quantitative estimate of drug-likeness (QED) is 0.869. The largest absolute Gasteiger partial charge is 0.316 e. The summed E-state index contributed by atoms with van der Waals surface area (Å²) in [5.74, 6) is 0.485. The van der Waals surface area contributed by atoms with Crippen molar-refractivity contribution in [2.24, 2.45) is 5.92 Å². The number of nitrogens with one attached hydrogen (secondary N) is 1. The predicted molar refractivity (Wildman–Crippen MR) is 69.9 cm³/mol. The van der Waals surface area contributed by atoms with E-state index in [0.29, 0.717) is 17.9 Å². The van der Waals surface area contributed by atoms with E-state index in [1.54, 1.807) is 18.2 Å². The molecule has 1 aliphatic rings. The van der Waals surface area contributed by atoms with Crippen molar-refractivity contribution in [3.05, 3.63) is 35.6 Å². The van der Waals surface area contributed by atoms with E-state index < -0.39 is 0 Å². The highest BCUT2D eigenvalue weighted by Crippen LogP contribution is 2.17. The van der Waals surface area contributed by atoms with Gasteiger partial charge in [-0.25, -0.2) is 4.39 Å². The minimum Gasteiger partial charge on any atom is -0.316 e. The Balaban J connectivity index is 1.76. The van der Waals surface area contributed by atoms with Crippen LogP contribution >= 0.6 is 0 Å². The number of Topliss-reactive ketones (excluding diaryl/α,β-unsaturated/α-hetero) is 1. The van der Waals surface area contributed by atoms with Gasteiger partial charge in [0.2, 0.25) is 0 Å². The van der Waals surface area contributed by atoms with Crippen molar-refractivity contribution < 1.29 is 9.18 Å². The lowest BCUT2D eigenvalue weighted by Gasteiger charge is -2.22. The first-order valence-electron chi connectivity index (χ1n) is 6.71. The maximum Gasteiger partial charge on any atom is 0.137 e. The second-order valence-corrected chi connectivity index (χ2v) is 5.06. The van der Waals surface area contributed by atoms with Crippen LogP contribution in [0.3, 0.4) is 0 Å². The van der Waals surface area contributed by atoms with Crippen LogP contribution in [0, 0.1) is 11.7 Å². The second-order valence-electron chi connectivity index (χ2n) is 5.06. The highest BCUT2D eigenvalue weighted by Gasteiger charge is 2.15. The first-order chi connectivity index (χ1) is 8.75. The maximum atomic E-state index is 13.4. The zero-order valence-corrected chi connectivity index (χ0v) is 10.6. The Bertz CT molecular complexity index is 399. The molecule has 1 unspecified atom stereocenters. The molecule has 1 aromatic carbocycles. The Kier molecular flexibility index (Phi) is 4.88. The van der Waals surface area contributed by atoms with E-state index in [4.69, 9.17) is 0 Å². The molecule has 0 aliphatic carbocycles. The van der Waals surface area contributed by atoms with Crippen molar-refractivity contribution >= 4 is 5.78 Å². The zero-order chi connectivity index (χ0) is 12.8. The van der Waals surface area contributed by atoms with Crippen LogP contribution in [0.2, 0.25) is 0 Å². The summed E-state index contributed by atoms with van der Waals surface area (Å²) in [7, 11) is 0. The van der Waals surface area contributed by atoms with Gasteiger partial charge in [0, 0.05) is 12.8 Å². The van der Waals surface area contributed by atoms with Gasteiger partial charge < -0.3 is 5.32 Å². The van der Waals surface area contributed by atoms with Gasteiger partial charge in [0.15, 0.2) is 0 Å². The number of benzene rings is 1. The normalized spacial score (nSPS) is 19.7. The van der Waals surface area contributed by atoms with Crippen molar-refractivity contribution in [1.82, 2.24) is 5.32 Å². The molecule has 1 N–H and O–H groups in total. The fourth-order valence-electron chi connectivity index (χ4n) is 2.48. The van der Waals surface area contributed by atoms with Crippen LogP contribution in [0.25, 0.3) is 0 Å². The Morgan fingerprint density at radius 1 is 1.39 bits per heavy atom. The van der Waals surface area contributed by atoms with Gasteiger partial charge in [-0.15, -0.1) is 0 Å². The summed E-state index contributed by atoms with van der Waals surface area (Å²) < 4.78 is 13.4. The summed E-state index contributed by atoms with van der Waals surface area (Å²) in [6.45, 7) is 2.12. The molecule has 1 fully saturated rings. The van der Waals surface area contributed by atoms with E-state index >= 15 is 0 Å². The lowest BCUT2D eigenvalue weighted by atomic mass is 9.92. The molecule has 0 amide bonds. The molecule has 98 valence electrons. The van der Waals surface area contributed by atoms with Gasteiger partial charge in [0.05, 0.1) is 0 Å². The summed E-state index contributed by atoms with van der Waals surface area (Å²) in [6.07, 6.45) is 4.14. The summed E-state index contributed by atoms with van der Waals surface area (Å²) in [6, 6.07) is 6.52. The van der Waals surface area contributed by atoms with Gasteiger partial charge in [-0.2, -0.15) is 0 Å². The molecule has 0 radical (unpaired) electrons. The molecule has 1 aliphatic heterocycles. The standard InChI is InChI=1S/C15H20FNO/c16-15-6-2-1-5-13(15)10-14(18)8-7-12-4-3-9-17-11-12/h1-2,5-6,12,17H,3-4,7-11H2. The molecular formula is C15H20FNO. The highest BCUT2D eigenvalue weighted by atomic mass is 19.1. The monoisotopic (exact) mass is 249 g/mol. The van der Waals surface area contributed by atoms with Crippen LogP contribution in [0.15, 0.2) is 24.3 Å². The summed E-state index contributed by atoms with van der Waals surface area (Å²) in [5.41, 5.74) is 0.518. The second kappa shape index (κ2) is 6.64. The third-order valence-electron chi connectivity index (χ3n) is 3.58. The fourth-order valence-corrected chi connectivity index (χ4v) is 2.48. The Hall–Kier alpha value is -1.22. The van der Waals surface area contributed by atoms with Crippen LogP contribution in [0.1, 0.15) is 31.2 Å². The molecular weight excluding hydrogens is 229 g/mol. The number of piperidine rings is 1. The number of hydrogen-bond donors (Lipinski definition) is 1. The Labute approximate surface area is 108 Å². The van der Waals surface area contributed by atoms with Crippen molar-refractivity contribution in [1.29, 1.82) is 0 Å². The van der Waals surface area contributed by atoms with Crippen molar-refractivity contribution in [3.63, 3.8) is 0 Å². The van der Waals surface area contributed by atoms with Gasteiger partial charge in [0.25, 0.3) is 0 Å². The molecule has 1 aromatic rings. The summed E-state index contributed by atoms with van der Waals surface area (Å²) in [4.78, 5) is 11.8. The number of rotatable bonds is 5. The number of carbonyl (C=O) groups is 1. The maximum absolute atomic E-state index is 13.4. The molecule has 2 rings (SSSR count). The zero-order valence-electron chi connectivity index (χ0n) is 10.6. The van der Waals surface area contributed by atoms with E-state index in [0.717, 1.165) is 19.5 Å². The van der Waals surface area contributed by atoms with Crippen LogP contribution in [0.5, 0.6) is 0 Å². The first kappa shape index (κ1) is 13.2. The number of halogens is 1. The molecule has 1 heterocycles. The van der Waals surface area contributed by atoms with Crippen LogP contribution in [-0.4, -0.2) is 18.9 Å². The smallest absolute Gasteiger partial charge is 0.137 e. The molecule has 18 heavy (non-hydrogen) atoms. The fraction of sp³-hybridized carbons (Fsp3) is 0.533. The first-order valence-corrected chi connectivity index (χ1v) is 6.71. The van der Waals surface area contributed by atoms with E-state index in [1.165, 1.54) is 18.9 Å². The van der Waals surface area contributed by atoms with Crippen LogP contribution in [0.4, 0.5) is 4.39 Å². The van der Waals surface area contributed by atoms with Crippen molar-refractivity contribution in [2.45, 2.75) is 32.1 Å². The third kappa shape index (κ3) is 3.91. The molecule has 3 heteroatoms. The Morgan fingerprint density at radius 3 is 2.94 bits per heavy atom. The van der Waals surface area contributed by atoms with Gasteiger partial charge in [0.1, 0.15) is 11.6 Å². The number of carbonyl (C=O) groups excluding carboxylic acids is 1. The summed E-state index contributed by atoms with van der Waals surface area (Å²) >= 11 is 0. The van der Waals surface area contributed by atoms with Gasteiger partial charge in [-0.05, 0) is 49.9 Å². The van der Waals surface area contributed by atoms with E-state index in [-0.39, 0.29) is 18.0 Å². The molecule has 0 bridgehead atoms. The Morgan fingerprint density at radius 2 is 2.22 bits per heavy atom.